The first kappa shape index (κ1) is 16.2. The molecule has 1 aromatic carbocycles. The van der Waals surface area contributed by atoms with Crippen molar-refractivity contribution in [1.29, 1.82) is 0 Å². The second kappa shape index (κ2) is 6.29. The van der Waals surface area contributed by atoms with Gasteiger partial charge in [0.2, 0.25) is 10.0 Å². The molecule has 0 atom stereocenters. The molecule has 0 radical (unpaired) electrons. The molecule has 0 saturated heterocycles. The minimum Gasteiger partial charge on any atom is -0.350 e. The summed E-state index contributed by atoms with van der Waals surface area (Å²) < 4.78 is 23.8. The van der Waals surface area contributed by atoms with Gasteiger partial charge < -0.3 is 5.32 Å². The zero-order valence-electron chi connectivity index (χ0n) is 12.4. The highest BCUT2D eigenvalue weighted by Gasteiger charge is 2.11. The van der Waals surface area contributed by atoms with Crippen LogP contribution in [0, 0.1) is 6.92 Å². The molecule has 2 rings (SSSR count). The molecule has 118 valence electrons. The van der Waals surface area contributed by atoms with Crippen molar-refractivity contribution in [2.45, 2.75) is 18.2 Å². The molecule has 1 amide bonds. The third-order valence-corrected chi connectivity index (χ3v) is 4.11. The van der Waals surface area contributed by atoms with Crippen molar-refractivity contribution in [1.82, 2.24) is 15.1 Å². The lowest BCUT2D eigenvalue weighted by Crippen LogP contribution is -2.27. The van der Waals surface area contributed by atoms with Gasteiger partial charge in [-0.3, -0.25) is 9.48 Å². The van der Waals surface area contributed by atoms with Crippen LogP contribution in [0.2, 0.25) is 0 Å². The van der Waals surface area contributed by atoms with Crippen molar-refractivity contribution in [3.05, 3.63) is 47.3 Å². The third kappa shape index (κ3) is 3.92. The van der Waals surface area contributed by atoms with Crippen LogP contribution in [0.5, 0.6) is 0 Å². The van der Waals surface area contributed by atoms with Gasteiger partial charge in [0.25, 0.3) is 5.91 Å². The maximum Gasteiger partial charge on any atom is 0.269 e. The first-order chi connectivity index (χ1) is 10.3. The number of sulfonamides is 1. The fourth-order valence-corrected chi connectivity index (χ4v) is 2.60. The van der Waals surface area contributed by atoms with Crippen LogP contribution >= 0.6 is 0 Å². The quantitative estimate of drug-likeness (QED) is 0.828. The summed E-state index contributed by atoms with van der Waals surface area (Å²) >= 11 is 0. The lowest BCUT2D eigenvalue weighted by atomic mass is 10.1. The molecule has 1 heterocycles. The molecule has 7 nitrogen and oxygen atoms in total. The number of aromatic nitrogens is 2. The second-order valence-electron chi connectivity index (χ2n) is 4.99. The first-order valence-electron chi connectivity index (χ1n) is 6.68. The van der Waals surface area contributed by atoms with Crippen molar-refractivity contribution in [3.8, 4) is 0 Å². The molecule has 0 fully saturated rings. The Balaban J connectivity index is 1.91. The normalized spacial score (nSPS) is 11.4. The second-order valence-corrected chi connectivity index (χ2v) is 6.55. The van der Waals surface area contributed by atoms with Crippen molar-refractivity contribution in [2.75, 3.05) is 6.54 Å². The van der Waals surface area contributed by atoms with E-state index in [1.54, 1.807) is 25.2 Å². The van der Waals surface area contributed by atoms with Crippen molar-refractivity contribution >= 4 is 15.9 Å². The largest absolute Gasteiger partial charge is 0.350 e. The predicted molar refractivity (Wildman–Crippen MR) is 81.8 cm³/mol. The van der Waals surface area contributed by atoms with Crippen LogP contribution in [0.15, 0.2) is 35.2 Å². The fraction of sp³-hybridized carbons (Fsp3) is 0.286. The number of nitrogens with one attached hydrogen (secondary N) is 1. The van der Waals surface area contributed by atoms with E-state index in [1.807, 2.05) is 6.92 Å². The van der Waals surface area contributed by atoms with Crippen LogP contribution in [0.3, 0.4) is 0 Å². The van der Waals surface area contributed by atoms with Gasteiger partial charge in [0.1, 0.15) is 5.69 Å². The monoisotopic (exact) mass is 322 g/mol. The molecule has 0 aliphatic heterocycles. The van der Waals surface area contributed by atoms with E-state index in [-0.39, 0.29) is 10.8 Å². The van der Waals surface area contributed by atoms with Crippen molar-refractivity contribution in [2.24, 2.45) is 12.2 Å². The Kier molecular flexibility index (Phi) is 4.62. The first-order valence-corrected chi connectivity index (χ1v) is 8.22. The van der Waals surface area contributed by atoms with Gasteiger partial charge >= 0.3 is 0 Å². The van der Waals surface area contributed by atoms with E-state index < -0.39 is 10.0 Å². The maximum atomic E-state index is 12.0. The summed E-state index contributed by atoms with van der Waals surface area (Å²) in [5, 5.41) is 12.0. The number of carbonyl (C=O) groups is 1. The van der Waals surface area contributed by atoms with E-state index in [2.05, 4.69) is 10.4 Å². The Morgan fingerprint density at radius 2 is 1.95 bits per heavy atom. The topological polar surface area (TPSA) is 107 Å². The number of hydrogen-bond acceptors (Lipinski definition) is 4. The fourth-order valence-electron chi connectivity index (χ4n) is 2.08. The van der Waals surface area contributed by atoms with Crippen LogP contribution in [0.4, 0.5) is 0 Å². The average Bonchev–Trinajstić information content (AvgIpc) is 2.77. The molecular formula is C14H18N4O3S. The van der Waals surface area contributed by atoms with Gasteiger partial charge in [-0.05, 0) is 37.1 Å². The molecule has 0 spiro atoms. The number of hydrogen-bond donors (Lipinski definition) is 2. The molecule has 0 unspecified atom stereocenters. The summed E-state index contributed by atoms with van der Waals surface area (Å²) in [5.74, 6) is -0.191. The number of nitrogens with two attached hydrogens (primary N) is 1. The Hall–Kier alpha value is -2.19. The highest BCUT2D eigenvalue weighted by Crippen LogP contribution is 2.09. The number of nitrogens with zero attached hydrogens (tertiary/aromatic N) is 2. The lowest BCUT2D eigenvalue weighted by molar-refractivity contribution is 0.0944. The number of carbonyl (C=O) groups excluding carboxylic acids is 1. The highest BCUT2D eigenvalue weighted by molar-refractivity contribution is 7.89. The van der Waals surface area contributed by atoms with Gasteiger partial charge in [0, 0.05) is 13.6 Å². The SMILES string of the molecule is Cc1cc(C(=O)NCCc2ccc(S(N)(=O)=O)cc2)n(C)n1. The van der Waals surface area contributed by atoms with Crippen LogP contribution < -0.4 is 10.5 Å². The summed E-state index contributed by atoms with van der Waals surface area (Å²) in [6.07, 6.45) is 0.591. The van der Waals surface area contributed by atoms with Crippen LogP contribution in [-0.2, 0) is 23.5 Å². The van der Waals surface area contributed by atoms with Gasteiger partial charge in [0.05, 0.1) is 10.6 Å². The van der Waals surface area contributed by atoms with E-state index in [9.17, 15) is 13.2 Å². The molecule has 8 heteroatoms. The summed E-state index contributed by atoms with van der Waals surface area (Å²) in [4.78, 5) is 12.1. The molecule has 0 aliphatic rings. The Morgan fingerprint density at radius 3 is 2.45 bits per heavy atom. The van der Waals surface area contributed by atoms with Crippen LogP contribution in [0.1, 0.15) is 21.7 Å². The number of primary sulfonamides is 1. The minimum absolute atomic E-state index is 0.0747. The molecule has 0 saturated carbocycles. The Bertz CT molecular complexity index is 779. The van der Waals surface area contributed by atoms with Crippen molar-refractivity contribution < 1.29 is 13.2 Å². The van der Waals surface area contributed by atoms with E-state index in [0.717, 1.165) is 11.3 Å². The molecular weight excluding hydrogens is 304 g/mol. The minimum atomic E-state index is -3.67. The molecule has 2 aromatic rings. The molecule has 22 heavy (non-hydrogen) atoms. The van der Waals surface area contributed by atoms with Gasteiger partial charge in [0.15, 0.2) is 0 Å². The highest BCUT2D eigenvalue weighted by atomic mass is 32.2. The molecule has 0 bridgehead atoms. The van der Waals surface area contributed by atoms with E-state index in [1.165, 1.54) is 16.8 Å². The smallest absolute Gasteiger partial charge is 0.269 e. The van der Waals surface area contributed by atoms with Gasteiger partial charge in [-0.15, -0.1) is 0 Å². The molecule has 0 aliphatic carbocycles. The molecule has 1 aromatic heterocycles. The summed E-state index contributed by atoms with van der Waals surface area (Å²) in [6.45, 7) is 2.27. The van der Waals surface area contributed by atoms with E-state index >= 15 is 0 Å². The van der Waals surface area contributed by atoms with Crippen LogP contribution in [-0.4, -0.2) is 30.7 Å². The Morgan fingerprint density at radius 1 is 1.32 bits per heavy atom. The van der Waals surface area contributed by atoms with E-state index in [0.29, 0.717) is 18.7 Å². The summed E-state index contributed by atoms with van der Waals surface area (Å²) in [7, 11) is -1.96. The van der Waals surface area contributed by atoms with E-state index in [4.69, 9.17) is 5.14 Å². The van der Waals surface area contributed by atoms with Crippen molar-refractivity contribution in [3.63, 3.8) is 0 Å². The zero-order chi connectivity index (χ0) is 16.3. The van der Waals surface area contributed by atoms with Gasteiger partial charge in [-0.1, -0.05) is 12.1 Å². The Labute approximate surface area is 129 Å². The summed E-state index contributed by atoms with van der Waals surface area (Å²) in [5.41, 5.74) is 2.20. The van der Waals surface area contributed by atoms with Crippen LogP contribution in [0.25, 0.3) is 0 Å². The number of amides is 1. The standard InChI is InChI=1S/C14H18N4O3S/c1-10-9-13(18(2)17-10)14(19)16-8-7-11-3-5-12(6-4-11)22(15,20)21/h3-6,9H,7-8H2,1-2H3,(H,16,19)(H2,15,20,21). The number of benzene rings is 1. The maximum absolute atomic E-state index is 12.0. The molecule has 3 N–H and O–H groups in total. The summed E-state index contributed by atoms with van der Waals surface area (Å²) in [6, 6.07) is 7.99. The lowest BCUT2D eigenvalue weighted by Gasteiger charge is -2.06. The van der Waals surface area contributed by atoms with Gasteiger partial charge in [-0.25, -0.2) is 13.6 Å². The predicted octanol–water partition coefficient (Wildman–Crippen LogP) is 0.348. The van der Waals surface area contributed by atoms with Gasteiger partial charge in [-0.2, -0.15) is 5.10 Å². The number of rotatable bonds is 5. The third-order valence-electron chi connectivity index (χ3n) is 3.19. The number of aryl methyl sites for hydroxylation is 2. The average molecular weight is 322 g/mol. The zero-order valence-corrected chi connectivity index (χ0v) is 13.2.